The summed E-state index contributed by atoms with van der Waals surface area (Å²) in [5.74, 6) is 0. The summed E-state index contributed by atoms with van der Waals surface area (Å²) in [5.41, 5.74) is -3.44. The predicted octanol–water partition coefficient (Wildman–Crippen LogP) is -1.76. The van der Waals surface area contributed by atoms with Crippen LogP contribution in [-0.2, 0) is 36.7 Å². The lowest BCUT2D eigenvalue weighted by Gasteiger charge is -2.38. The van der Waals surface area contributed by atoms with Gasteiger partial charge in [-0.15, -0.1) is 0 Å². The summed E-state index contributed by atoms with van der Waals surface area (Å²) in [6, 6.07) is 0. The minimum Gasteiger partial charge on any atom is -0.396 e. The van der Waals surface area contributed by atoms with Gasteiger partial charge in [-0.25, -0.2) is 9.13 Å². The first kappa shape index (κ1) is 27.2. The number of aliphatic hydroxyl groups excluding tert-OH is 4. The van der Waals surface area contributed by atoms with Crippen LogP contribution in [0, 0.1) is 16.2 Å². The van der Waals surface area contributed by atoms with Crippen molar-refractivity contribution in [2.45, 2.75) is 0 Å². The maximum atomic E-state index is 11.3. The second-order valence-electron chi connectivity index (χ2n) is 8.15. The fourth-order valence-corrected chi connectivity index (χ4v) is 4.61. The summed E-state index contributed by atoms with van der Waals surface area (Å²) in [7, 11) is -8.29. The van der Waals surface area contributed by atoms with E-state index in [1.54, 1.807) is 0 Å². The smallest absolute Gasteiger partial charge is 0.396 e. The quantitative estimate of drug-likeness (QED) is 0.165. The van der Waals surface area contributed by atoms with E-state index in [0.717, 1.165) is 0 Å². The van der Waals surface area contributed by atoms with Crippen molar-refractivity contribution in [2.75, 3.05) is 79.3 Å². The Kier molecular flexibility index (Phi) is 9.61. The Morgan fingerprint density at radius 3 is 1.29 bits per heavy atom. The molecule has 0 aromatic rings. The van der Waals surface area contributed by atoms with Crippen LogP contribution in [0.4, 0.5) is 0 Å². The van der Waals surface area contributed by atoms with Gasteiger partial charge in [0.05, 0.1) is 95.5 Å². The van der Waals surface area contributed by atoms with Crippen LogP contribution in [-0.4, -0.2) is 109 Å². The molecule has 6 N–H and O–H groups in total. The largest absolute Gasteiger partial charge is 0.472 e. The summed E-state index contributed by atoms with van der Waals surface area (Å²) in [4.78, 5) is 18.5. The number of aliphatic hydroxyl groups is 4. The first-order valence-corrected chi connectivity index (χ1v) is 12.3. The number of ether oxygens (including phenoxy) is 2. The molecule has 0 unspecified atom stereocenters. The summed E-state index contributed by atoms with van der Waals surface area (Å²) in [6.45, 7) is -3.82. The molecular formula is C15H30O14P2. The number of rotatable bonds is 12. The molecule has 2 aliphatic heterocycles. The van der Waals surface area contributed by atoms with Crippen molar-refractivity contribution in [1.29, 1.82) is 0 Å². The van der Waals surface area contributed by atoms with Gasteiger partial charge in [0, 0.05) is 0 Å². The van der Waals surface area contributed by atoms with Crippen molar-refractivity contribution in [3.63, 3.8) is 0 Å². The maximum absolute atomic E-state index is 11.3. The zero-order chi connectivity index (χ0) is 23.2. The summed E-state index contributed by atoms with van der Waals surface area (Å²) >= 11 is 0. The van der Waals surface area contributed by atoms with Gasteiger partial charge in [0.2, 0.25) is 0 Å². The SMILES string of the molecule is O=P1(O)OCC(CO)(COCC(CO)(CO)COCC2(CO)COP(=O)(O)OC2)CO1. The molecule has 0 radical (unpaired) electrons. The molecule has 0 aromatic heterocycles. The Hall–Kier alpha value is -0.0200. The molecule has 0 atom stereocenters. The van der Waals surface area contributed by atoms with E-state index in [1.165, 1.54) is 0 Å². The van der Waals surface area contributed by atoms with Gasteiger partial charge in [-0.2, -0.15) is 0 Å². The van der Waals surface area contributed by atoms with Gasteiger partial charge in [0.15, 0.2) is 0 Å². The second-order valence-corrected chi connectivity index (χ2v) is 11.1. The van der Waals surface area contributed by atoms with Gasteiger partial charge in [0.1, 0.15) is 0 Å². The number of hydrogen-bond donors (Lipinski definition) is 6. The van der Waals surface area contributed by atoms with E-state index in [0.29, 0.717) is 0 Å². The lowest BCUT2D eigenvalue weighted by Crippen LogP contribution is -2.47. The zero-order valence-corrected chi connectivity index (χ0v) is 18.6. The van der Waals surface area contributed by atoms with Crippen LogP contribution >= 0.6 is 15.6 Å². The minimum absolute atomic E-state index is 0.153. The molecule has 0 bridgehead atoms. The molecule has 2 rings (SSSR count). The van der Waals surface area contributed by atoms with Crippen molar-refractivity contribution >= 4 is 15.6 Å². The molecule has 0 aromatic carbocycles. The Bertz CT molecular complexity index is 592. The Morgan fingerprint density at radius 1 is 0.710 bits per heavy atom. The van der Waals surface area contributed by atoms with Gasteiger partial charge in [-0.3, -0.25) is 18.1 Å². The van der Waals surface area contributed by atoms with Crippen LogP contribution in [0.3, 0.4) is 0 Å². The standard InChI is InChI=1S/C15H30O14P2/c16-1-13(2-17,5-24-7-14(3-18)9-26-30(20,21)27-10-14)6-25-8-15(4-19)11-28-31(22,23)29-12-15/h16-19H,1-12H2,(H,20,21)(H,22,23). The van der Waals surface area contributed by atoms with Crippen LogP contribution in [0.15, 0.2) is 0 Å². The normalized spacial score (nSPS) is 37.1. The zero-order valence-electron chi connectivity index (χ0n) is 16.8. The molecule has 0 saturated carbocycles. The van der Waals surface area contributed by atoms with Crippen LogP contribution in [0.2, 0.25) is 0 Å². The molecule has 2 fully saturated rings. The first-order valence-electron chi connectivity index (χ1n) is 9.31. The van der Waals surface area contributed by atoms with E-state index in [2.05, 4.69) is 0 Å². The van der Waals surface area contributed by atoms with E-state index < -0.39 is 58.3 Å². The van der Waals surface area contributed by atoms with Crippen LogP contribution in [0.5, 0.6) is 0 Å². The lowest BCUT2D eigenvalue weighted by atomic mass is 9.90. The number of hydrogen-bond acceptors (Lipinski definition) is 12. The van der Waals surface area contributed by atoms with E-state index in [-0.39, 0.29) is 52.9 Å². The highest BCUT2D eigenvalue weighted by atomic mass is 31.2. The molecular weight excluding hydrogens is 466 g/mol. The molecule has 31 heavy (non-hydrogen) atoms. The predicted molar refractivity (Wildman–Crippen MR) is 101 cm³/mol. The molecule has 2 heterocycles. The third-order valence-corrected chi connectivity index (χ3v) is 6.93. The number of phosphoric acid groups is 2. The summed E-state index contributed by atoms with van der Waals surface area (Å²) in [6.07, 6.45) is 0. The topological polar surface area (TPSA) is 211 Å². The van der Waals surface area contributed by atoms with Crippen molar-refractivity contribution in [2.24, 2.45) is 16.2 Å². The highest BCUT2D eigenvalue weighted by molar-refractivity contribution is 7.47. The maximum Gasteiger partial charge on any atom is 0.472 e. The molecule has 184 valence electrons. The van der Waals surface area contributed by atoms with E-state index in [1.807, 2.05) is 0 Å². The van der Waals surface area contributed by atoms with E-state index in [9.17, 15) is 39.3 Å². The van der Waals surface area contributed by atoms with Gasteiger partial charge in [0.25, 0.3) is 0 Å². The van der Waals surface area contributed by atoms with Crippen molar-refractivity contribution < 1.29 is 66.9 Å². The Morgan fingerprint density at radius 2 is 1.03 bits per heavy atom. The van der Waals surface area contributed by atoms with Gasteiger partial charge < -0.3 is 39.7 Å². The van der Waals surface area contributed by atoms with Crippen molar-refractivity contribution in [3.05, 3.63) is 0 Å². The molecule has 0 spiro atoms. The van der Waals surface area contributed by atoms with Crippen LogP contribution < -0.4 is 0 Å². The molecule has 2 saturated heterocycles. The molecule has 16 heteroatoms. The third-order valence-electron chi connectivity index (χ3n) is 5.11. The Balaban J connectivity index is 1.87. The average molecular weight is 496 g/mol. The van der Waals surface area contributed by atoms with Crippen molar-refractivity contribution in [3.8, 4) is 0 Å². The van der Waals surface area contributed by atoms with Gasteiger partial charge >= 0.3 is 15.6 Å². The van der Waals surface area contributed by atoms with Crippen molar-refractivity contribution in [1.82, 2.24) is 0 Å². The highest BCUT2D eigenvalue weighted by Crippen LogP contribution is 2.50. The van der Waals surface area contributed by atoms with Gasteiger partial charge in [-0.1, -0.05) is 0 Å². The van der Waals surface area contributed by atoms with E-state index >= 15 is 0 Å². The lowest BCUT2D eigenvalue weighted by molar-refractivity contribution is -0.136. The van der Waals surface area contributed by atoms with E-state index in [4.69, 9.17) is 27.6 Å². The molecule has 2 aliphatic rings. The molecule has 14 nitrogen and oxygen atoms in total. The summed E-state index contributed by atoms with van der Waals surface area (Å²) in [5, 5.41) is 38.8. The van der Waals surface area contributed by atoms with Gasteiger partial charge in [-0.05, 0) is 0 Å². The third kappa shape index (κ3) is 7.49. The van der Waals surface area contributed by atoms with Crippen LogP contribution in [0.25, 0.3) is 0 Å². The first-order chi connectivity index (χ1) is 14.5. The molecule has 0 amide bonds. The highest BCUT2D eigenvalue weighted by Gasteiger charge is 2.44. The second kappa shape index (κ2) is 10.9. The minimum atomic E-state index is -4.14. The fraction of sp³-hybridized carbons (Fsp3) is 1.00. The Labute approximate surface area is 178 Å². The summed E-state index contributed by atoms with van der Waals surface area (Å²) < 4.78 is 52.6. The number of phosphoric ester groups is 2. The molecule has 0 aliphatic carbocycles. The monoisotopic (exact) mass is 496 g/mol. The fourth-order valence-electron chi connectivity index (χ4n) is 2.71. The average Bonchev–Trinajstić information content (AvgIpc) is 2.76. The van der Waals surface area contributed by atoms with Crippen LogP contribution in [0.1, 0.15) is 0 Å².